The molecule has 36 heavy (non-hydrogen) atoms. The third-order valence-corrected chi connectivity index (χ3v) is 5.76. The number of nitrogens with zero attached hydrogens (tertiary/aromatic N) is 2. The van der Waals surface area contributed by atoms with Gasteiger partial charge in [0, 0.05) is 18.7 Å². The first-order chi connectivity index (χ1) is 17.5. The SMILES string of the molecule is COc1ccc(N2C[C@@H](C(=O)N/N=C/c3ccc(OCc4ccc(F)cc4)c(OC)c3)CC2=O)cc1. The Morgan fingerprint density at radius 1 is 1.06 bits per heavy atom. The predicted molar refractivity (Wildman–Crippen MR) is 133 cm³/mol. The topological polar surface area (TPSA) is 89.5 Å². The number of anilines is 1. The summed E-state index contributed by atoms with van der Waals surface area (Å²) in [7, 11) is 3.10. The number of hydrazone groups is 1. The van der Waals surface area contributed by atoms with E-state index >= 15 is 0 Å². The van der Waals surface area contributed by atoms with Crippen LogP contribution in [0.4, 0.5) is 10.1 Å². The number of halogens is 1. The van der Waals surface area contributed by atoms with Crippen molar-refractivity contribution in [2.75, 3.05) is 25.7 Å². The van der Waals surface area contributed by atoms with Gasteiger partial charge in [0.2, 0.25) is 11.8 Å². The number of nitrogens with one attached hydrogen (secondary N) is 1. The smallest absolute Gasteiger partial charge is 0.245 e. The van der Waals surface area contributed by atoms with Crippen LogP contribution in [0, 0.1) is 11.7 Å². The van der Waals surface area contributed by atoms with Gasteiger partial charge in [-0.2, -0.15) is 5.10 Å². The molecule has 0 bridgehead atoms. The van der Waals surface area contributed by atoms with Gasteiger partial charge in [0.15, 0.2) is 11.5 Å². The molecular formula is C27H26FN3O5. The van der Waals surface area contributed by atoms with Crippen LogP contribution >= 0.6 is 0 Å². The lowest BCUT2D eigenvalue weighted by molar-refractivity contribution is -0.126. The first-order valence-corrected chi connectivity index (χ1v) is 11.3. The number of carbonyl (C=O) groups is 2. The van der Waals surface area contributed by atoms with Gasteiger partial charge < -0.3 is 19.1 Å². The molecule has 8 nitrogen and oxygen atoms in total. The first kappa shape index (κ1) is 24.7. The van der Waals surface area contributed by atoms with Crippen LogP contribution in [0.5, 0.6) is 17.2 Å². The van der Waals surface area contributed by atoms with Gasteiger partial charge in [0.25, 0.3) is 0 Å². The van der Waals surface area contributed by atoms with E-state index in [0.29, 0.717) is 28.5 Å². The van der Waals surface area contributed by atoms with E-state index < -0.39 is 5.92 Å². The molecule has 9 heteroatoms. The summed E-state index contributed by atoms with van der Waals surface area (Å²) in [6.45, 7) is 0.536. The fourth-order valence-corrected chi connectivity index (χ4v) is 3.78. The van der Waals surface area contributed by atoms with Crippen LogP contribution in [0.25, 0.3) is 0 Å². The van der Waals surface area contributed by atoms with Crippen molar-refractivity contribution in [1.82, 2.24) is 5.43 Å². The second kappa shape index (κ2) is 11.4. The Morgan fingerprint density at radius 2 is 1.81 bits per heavy atom. The molecule has 0 unspecified atom stereocenters. The Morgan fingerprint density at radius 3 is 2.50 bits per heavy atom. The standard InChI is InChI=1S/C27H26FN3O5/c1-34-23-10-8-22(9-11-23)31-16-20(14-26(31)32)27(33)30-29-15-19-5-12-24(25(13-19)35-2)36-17-18-3-6-21(28)7-4-18/h3-13,15,20H,14,16-17H2,1-2H3,(H,30,33)/b29-15+/t20-/m0/s1. The zero-order valence-electron chi connectivity index (χ0n) is 19.9. The van der Waals surface area contributed by atoms with Gasteiger partial charge in [-0.1, -0.05) is 12.1 Å². The van der Waals surface area contributed by atoms with Crippen molar-refractivity contribution in [2.45, 2.75) is 13.0 Å². The van der Waals surface area contributed by atoms with Crippen LogP contribution in [0.15, 0.2) is 71.8 Å². The predicted octanol–water partition coefficient (Wildman–Crippen LogP) is 3.93. The molecule has 1 aliphatic heterocycles. The zero-order chi connectivity index (χ0) is 25.5. The lowest BCUT2D eigenvalue weighted by Crippen LogP contribution is -2.30. The molecule has 1 fully saturated rings. The minimum Gasteiger partial charge on any atom is -0.497 e. The number of amides is 2. The van der Waals surface area contributed by atoms with E-state index in [0.717, 1.165) is 5.56 Å². The molecule has 4 rings (SSSR count). The van der Waals surface area contributed by atoms with Crippen LogP contribution in [-0.2, 0) is 16.2 Å². The van der Waals surface area contributed by atoms with E-state index in [4.69, 9.17) is 14.2 Å². The van der Waals surface area contributed by atoms with Gasteiger partial charge in [-0.15, -0.1) is 0 Å². The maximum atomic E-state index is 13.1. The maximum Gasteiger partial charge on any atom is 0.245 e. The number of rotatable bonds is 9. The number of benzene rings is 3. The minimum atomic E-state index is -0.506. The van der Waals surface area contributed by atoms with E-state index in [1.165, 1.54) is 25.5 Å². The number of ether oxygens (including phenoxy) is 3. The summed E-state index contributed by atoms with van der Waals surface area (Å²) < 4.78 is 29.4. The van der Waals surface area contributed by atoms with Crippen LogP contribution in [0.1, 0.15) is 17.5 Å². The van der Waals surface area contributed by atoms with Crippen LogP contribution < -0.4 is 24.5 Å². The summed E-state index contributed by atoms with van der Waals surface area (Å²) in [4.78, 5) is 26.6. The molecule has 0 aliphatic carbocycles. The van der Waals surface area contributed by atoms with E-state index in [-0.39, 0.29) is 37.2 Å². The molecule has 3 aromatic rings. The highest BCUT2D eigenvalue weighted by molar-refractivity contribution is 6.00. The Labute approximate surface area is 208 Å². The van der Waals surface area contributed by atoms with Crippen molar-refractivity contribution in [3.8, 4) is 17.2 Å². The molecule has 1 N–H and O–H groups in total. The van der Waals surface area contributed by atoms with Crippen LogP contribution in [0.2, 0.25) is 0 Å². The number of hydrogen-bond donors (Lipinski definition) is 1. The monoisotopic (exact) mass is 491 g/mol. The molecule has 186 valence electrons. The Hall–Kier alpha value is -4.40. The molecule has 2 amide bonds. The second-order valence-electron chi connectivity index (χ2n) is 8.16. The molecule has 0 spiro atoms. The van der Waals surface area contributed by atoms with Gasteiger partial charge in [-0.3, -0.25) is 9.59 Å². The summed E-state index contributed by atoms with van der Waals surface area (Å²) in [6, 6.07) is 18.4. The quantitative estimate of drug-likeness (QED) is 0.362. The lowest BCUT2D eigenvalue weighted by Gasteiger charge is -2.16. The van der Waals surface area contributed by atoms with Gasteiger partial charge >= 0.3 is 0 Å². The first-order valence-electron chi connectivity index (χ1n) is 11.3. The fourth-order valence-electron chi connectivity index (χ4n) is 3.78. The summed E-state index contributed by atoms with van der Waals surface area (Å²) in [5.41, 5.74) is 4.74. The molecular weight excluding hydrogens is 465 g/mol. The van der Waals surface area contributed by atoms with Gasteiger partial charge in [0.05, 0.1) is 26.4 Å². The third-order valence-electron chi connectivity index (χ3n) is 5.76. The Balaban J connectivity index is 1.32. The number of methoxy groups -OCH3 is 2. The molecule has 1 heterocycles. The van der Waals surface area contributed by atoms with Crippen molar-refractivity contribution >= 4 is 23.7 Å². The van der Waals surface area contributed by atoms with E-state index in [9.17, 15) is 14.0 Å². The molecule has 1 aliphatic rings. The highest BCUT2D eigenvalue weighted by Crippen LogP contribution is 2.29. The molecule has 0 aromatic heterocycles. The molecule has 1 atom stereocenters. The summed E-state index contributed by atoms with van der Waals surface area (Å²) in [6.07, 6.45) is 1.60. The molecule has 0 radical (unpaired) electrons. The average molecular weight is 492 g/mol. The summed E-state index contributed by atoms with van der Waals surface area (Å²) in [5, 5.41) is 4.04. The summed E-state index contributed by atoms with van der Waals surface area (Å²) >= 11 is 0. The van der Waals surface area contributed by atoms with Crippen molar-refractivity contribution in [1.29, 1.82) is 0 Å². The molecule has 1 saturated heterocycles. The van der Waals surface area contributed by atoms with Gasteiger partial charge in [-0.05, 0) is 65.7 Å². The molecule has 0 saturated carbocycles. The Bertz CT molecular complexity index is 1250. The average Bonchev–Trinajstić information content (AvgIpc) is 3.30. The largest absolute Gasteiger partial charge is 0.497 e. The maximum absolute atomic E-state index is 13.1. The highest BCUT2D eigenvalue weighted by atomic mass is 19.1. The number of carbonyl (C=O) groups excluding carboxylic acids is 2. The number of hydrogen-bond acceptors (Lipinski definition) is 6. The highest BCUT2D eigenvalue weighted by Gasteiger charge is 2.35. The lowest BCUT2D eigenvalue weighted by atomic mass is 10.1. The van der Waals surface area contributed by atoms with E-state index in [2.05, 4.69) is 10.5 Å². The van der Waals surface area contributed by atoms with Crippen molar-refractivity contribution in [2.24, 2.45) is 11.0 Å². The third kappa shape index (κ3) is 5.99. The van der Waals surface area contributed by atoms with Gasteiger partial charge in [-0.25, -0.2) is 9.82 Å². The minimum absolute atomic E-state index is 0.112. The molecule has 3 aromatic carbocycles. The van der Waals surface area contributed by atoms with Gasteiger partial charge in [0.1, 0.15) is 18.2 Å². The van der Waals surface area contributed by atoms with E-state index in [1.54, 1.807) is 66.6 Å². The zero-order valence-corrected chi connectivity index (χ0v) is 19.9. The van der Waals surface area contributed by atoms with Crippen LogP contribution in [0.3, 0.4) is 0 Å². The fraction of sp³-hybridized carbons (Fsp3) is 0.222. The van der Waals surface area contributed by atoms with Crippen molar-refractivity contribution in [3.63, 3.8) is 0 Å². The Kier molecular flexibility index (Phi) is 7.79. The normalized spacial score (nSPS) is 15.2. The second-order valence-corrected chi connectivity index (χ2v) is 8.16. The van der Waals surface area contributed by atoms with Crippen LogP contribution in [-0.4, -0.2) is 38.8 Å². The summed E-state index contributed by atoms with van der Waals surface area (Å²) in [5.74, 6) is 0.440. The van der Waals surface area contributed by atoms with Crippen molar-refractivity contribution < 1.29 is 28.2 Å². The van der Waals surface area contributed by atoms with E-state index in [1.807, 2.05) is 0 Å². The van der Waals surface area contributed by atoms with Crippen molar-refractivity contribution in [3.05, 3.63) is 83.7 Å².